The van der Waals surface area contributed by atoms with Crippen LogP contribution in [0.3, 0.4) is 0 Å². The summed E-state index contributed by atoms with van der Waals surface area (Å²) < 4.78 is 0. The maximum absolute atomic E-state index is 2.41. The number of rotatable bonds is 13. The molecule has 3 heteroatoms. The van der Waals surface area contributed by atoms with E-state index in [1.807, 2.05) is 0 Å². The third kappa shape index (κ3) is 12.1. The molecule has 1 aliphatic rings. The van der Waals surface area contributed by atoms with Crippen LogP contribution in [0.15, 0.2) is 12.4 Å². The van der Waals surface area contributed by atoms with Gasteiger partial charge in [-0.25, -0.2) is 0 Å². The molecule has 1 radical (unpaired) electrons. The number of hydrogen-bond donors (Lipinski definition) is 0. The van der Waals surface area contributed by atoms with Crippen LogP contribution in [0.4, 0.5) is 0 Å². The van der Waals surface area contributed by atoms with Gasteiger partial charge in [0.05, 0.1) is 6.67 Å². The Morgan fingerprint density at radius 2 is 1.19 bits per heavy atom. The zero-order valence-electron chi connectivity index (χ0n) is 14.3. The summed E-state index contributed by atoms with van der Waals surface area (Å²) in [5.74, 6) is 0. The molecule has 0 N–H and O–H groups in total. The second kappa shape index (κ2) is 14.8. The van der Waals surface area contributed by atoms with Gasteiger partial charge in [0.1, 0.15) is 0 Å². The fraction of sp³-hybridized carbons (Fsp3) is 0.889. The van der Waals surface area contributed by atoms with Gasteiger partial charge in [-0.15, -0.1) is 0 Å². The fourth-order valence-corrected chi connectivity index (χ4v) is 2.89. The van der Waals surface area contributed by atoms with Crippen LogP contribution in [0.2, 0.25) is 0 Å². The van der Waals surface area contributed by atoms with Gasteiger partial charge in [0, 0.05) is 43.1 Å². The molecule has 2 nitrogen and oxygen atoms in total. The van der Waals surface area contributed by atoms with Crippen molar-refractivity contribution in [2.75, 3.05) is 20.3 Å². The molecule has 0 bridgehead atoms. The molecule has 0 amide bonds. The first-order valence-corrected chi connectivity index (χ1v) is 8.95. The van der Waals surface area contributed by atoms with Crippen molar-refractivity contribution < 1.29 is 17.1 Å². The van der Waals surface area contributed by atoms with Gasteiger partial charge in [-0.2, -0.15) is 0 Å². The molecule has 0 spiro atoms. The summed E-state index contributed by atoms with van der Waals surface area (Å²) in [6, 6.07) is 0. The van der Waals surface area contributed by atoms with E-state index in [0.29, 0.717) is 0 Å². The van der Waals surface area contributed by atoms with Crippen molar-refractivity contribution in [1.82, 2.24) is 9.80 Å². The van der Waals surface area contributed by atoms with E-state index in [0.717, 1.165) is 6.67 Å². The minimum Gasteiger partial charge on any atom is -0.362 e. The van der Waals surface area contributed by atoms with E-state index in [1.54, 1.807) is 0 Å². The molecular weight excluding hydrogens is 299 g/mol. The zero-order valence-corrected chi connectivity index (χ0v) is 15.5. The van der Waals surface area contributed by atoms with Gasteiger partial charge >= 0.3 is 0 Å². The maximum Gasteiger partial charge on any atom is 0.0890 e. The van der Waals surface area contributed by atoms with Crippen LogP contribution in [0.25, 0.3) is 0 Å². The second-order valence-corrected chi connectivity index (χ2v) is 6.40. The van der Waals surface area contributed by atoms with Gasteiger partial charge in [-0.1, -0.05) is 77.6 Å². The Bertz CT molecular complexity index is 243. The normalized spacial score (nSPS) is 13.8. The van der Waals surface area contributed by atoms with Crippen LogP contribution in [-0.4, -0.2) is 30.1 Å². The fourth-order valence-electron chi connectivity index (χ4n) is 2.89. The molecule has 1 rings (SSSR count). The van der Waals surface area contributed by atoms with Crippen molar-refractivity contribution in [3.05, 3.63) is 12.4 Å². The summed E-state index contributed by atoms with van der Waals surface area (Å²) in [6.07, 6.45) is 21.6. The molecule has 0 saturated heterocycles. The molecule has 125 valence electrons. The predicted octanol–water partition coefficient (Wildman–Crippen LogP) is 5.36. The Morgan fingerprint density at radius 3 is 1.62 bits per heavy atom. The quantitative estimate of drug-likeness (QED) is 0.330. The van der Waals surface area contributed by atoms with Crippen molar-refractivity contribution in [3.63, 3.8) is 0 Å². The average Bonchev–Trinajstić information content (AvgIpc) is 2.86. The summed E-state index contributed by atoms with van der Waals surface area (Å²) in [6.45, 7) is 4.61. The topological polar surface area (TPSA) is 6.48 Å². The minimum absolute atomic E-state index is 0. The van der Waals surface area contributed by atoms with Gasteiger partial charge in [0.15, 0.2) is 0 Å². The third-order valence-electron chi connectivity index (χ3n) is 4.24. The predicted molar refractivity (Wildman–Crippen MR) is 89.6 cm³/mol. The van der Waals surface area contributed by atoms with E-state index in [4.69, 9.17) is 0 Å². The first kappa shape index (κ1) is 20.9. The smallest absolute Gasteiger partial charge is 0.0890 e. The summed E-state index contributed by atoms with van der Waals surface area (Å²) >= 11 is 0. The molecule has 0 atom stereocenters. The molecule has 0 aromatic carbocycles. The Morgan fingerprint density at radius 1 is 0.714 bits per heavy atom. The Kier molecular flexibility index (Phi) is 14.7. The van der Waals surface area contributed by atoms with Crippen molar-refractivity contribution >= 4 is 0 Å². The van der Waals surface area contributed by atoms with E-state index < -0.39 is 0 Å². The Hall–Kier alpha value is -0.141. The molecule has 0 fully saturated rings. The first-order chi connectivity index (χ1) is 9.83. The first-order valence-electron chi connectivity index (χ1n) is 8.95. The second-order valence-electron chi connectivity index (χ2n) is 6.40. The van der Waals surface area contributed by atoms with Crippen molar-refractivity contribution in [2.24, 2.45) is 0 Å². The Labute approximate surface area is 143 Å². The van der Waals surface area contributed by atoms with E-state index >= 15 is 0 Å². The third-order valence-corrected chi connectivity index (χ3v) is 4.24. The molecule has 0 aromatic rings. The van der Waals surface area contributed by atoms with Crippen molar-refractivity contribution in [2.45, 2.75) is 84.0 Å². The van der Waals surface area contributed by atoms with Crippen molar-refractivity contribution in [3.8, 4) is 0 Å². The average molecular weight is 335 g/mol. The number of unbranched alkanes of at least 4 members (excludes halogenated alkanes) is 11. The van der Waals surface area contributed by atoms with Gasteiger partial charge in [-0.05, 0) is 6.42 Å². The van der Waals surface area contributed by atoms with Crippen LogP contribution >= 0.6 is 0 Å². The molecule has 0 saturated carbocycles. The van der Waals surface area contributed by atoms with Gasteiger partial charge in [0.25, 0.3) is 0 Å². The van der Waals surface area contributed by atoms with Crippen LogP contribution in [-0.2, 0) is 17.1 Å². The molecule has 1 aliphatic heterocycles. The van der Waals surface area contributed by atoms with E-state index in [9.17, 15) is 0 Å². The zero-order chi connectivity index (χ0) is 14.5. The number of nitrogens with zero attached hydrogens (tertiary/aromatic N) is 2. The Balaban J connectivity index is 0.00000400. The number of hydrogen-bond acceptors (Lipinski definition) is 2. The molecule has 0 aromatic heterocycles. The van der Waals surface area contributed by atoms with Crippen molar-refractivity contribution in [1.29, 1.82) is 0 Å². The standard InChI is InChI=1S/C18H36N2.Mn/c1-3-4-5-6-7-8-9-10-11-12-13-14-15-20-17-16-19(2)18-20;/h16-17H,3-15,18H2,1-2H3;. The monoisotopic (exact) mass is 335 g/mol. The molecular formula is C18H36MnN2. The van der Waals surface area contributed by atoms with E-state index in [2.05, 4.69) is 36.2 Å². The van der Waals surface area contributed by atoms with Crippen LogP contribution < -0.4 is 0 Å². The largest absolute Gasteiger partial charge is 0.362 e. The minimum atomic E-state index is 0. The van der Waals surface area contributed by atoms with Gasteiger partial charge < -0.3 is 9.80 Å². The molecule has 21 heavy (non-hydrogen) atoms. The van der Waals surface area contributed by atoms with Crippen LogP contribution in [0.5, 0.6) is 0 Å². The summed E-state index contributed by atoms with van der Waals surface area (Å²) in [5, 5.41) is 0. The molecule has 0 unspecified atom stereocenters. The molecule has 0 aliphatic carbocycles. The van der Waals surface area contributed by atoms with Gasteiger partial charge in [-0.3, -0.25) is 0 Å². The summed E-state index contributed by atoms with van der Waals surface area (Å²) in [7, 11) is 2.14. The van der Waals surface area contributed by atoms with E-state index in [1.165, 1.54) is 83.6 Å². The van der Waals surface area contributed by atoms with Crippen LogP contribution in [0, 0.1) is 0 Å². The summed E-state index contributed by atoms with van der Waals surface area (Å²) in [4.78, 5) is 4.65. The summed E-state index contributed by atoms with van der Waals surface area (Å²) in [5.41, 5.74) is 0. The maximum atomic E-state index is 2.41. The van der Waals surface area contributed by atoms with E-state index in [-0.39, 0.29) is 17.1 Å². The van der Waals surface area contributed by atoms with Crippen LogP contribution in [0.1, 0.15) is 84.0 Å². The SMILES string of the molecule is CCCCCCCCCCCCCCN1C=CN(C)C1.[Mn]. The molecule has 1 heterocycles. The van der Waals surface area contributed by atoms with Gasteiger partial charge in [0.2, 0.25) is 0 Å².